The molecule has 0 radical (unpaired) electrons. The lowest BCUT2D eigenvalue weighted by molar-refractivity contribution is -0.137. The molecule has 1 aliphatic carbocycles. The zero-order chi connectivity index (χ0) is 12.5. The second-order valence-electron chi connectivity index (χ2n) is 3.91. The van der Waals surface area contributed by atoms with Gasteiger partial charge in [-0.3, -0.25) is 4.79 Å². The molecule has 8 heteroatoms. The van der Waals surface area contributed by atoms with Crippen LogP contribution in [0, 0.1) is 0 Å². The van der Waals surface area contributed by atoms with Gasteiger partial charge in [0.05, 0.1) is 18.9 Å². The lowest BCUT2D eigenvalue weighted by Crippen LogP contribution is -2.35. The van der Waals surface area contributed by atoms with Crippen LogP contribution in [0.5, 0.6) is 0 Å². The highest BCUT2D eigenvalue weighted by Crippen LogP contribution is 2.31. The summed E-state index contributed by atoms with van der Waals surface area (Å²) in [4.78, 5) is 16.7. The molecule has 1 aromatic rings. The van der Waals surface area contributed by atoms with E-state index in [1.807, 2.05) is 0 Å². The first kappa shape index (κ1) is 12.1. The molecule has 0 atom stereocenters. The maximum Gasteiger partial charge on any atom is 0.304 e. The average Bonchev–Trinajstić information content (AvgIpc) is 2.92. The molecule has 1 aromatic heterocycles. The van der Waals surface area contributed by atoms with Gasteiger partial charge in [0.1, 0.15) is 0 Å². The van der Waals surface area contributed by atoms with Crippen LogP contribution in [0.4, 0.5) is 0 Å². The normalized spacial score (nSPS) is 16.3. The Labute approximate surface area is 98.5 Å². The second-order valence-corrected chi connectivity index (χ2v) is 5.77. The van der Waals surface area contributed by atoms with E-state index in [1.54, 1.807) is 0 Å². The van der Waals surface area contributed by atoms with E-state index < -0.39 is 16.0 Å². The standard InChI is InChI=1S/C9H13N3O4S/c13-9(14)3-4-12(7-1-2-7)17(15,16)8-5-10-6-11-8/h5-7H,1-4H2,(H,10,11)(H,13,14). The van der Waals surface area contributed by atoms with Crippen LogP contribution >= 0.6 is 0 Å². The minimum Gasteiger partial charge on any atom is -0.481 e. The fourth-order valence-electron chi connectivity index (χ4n) is 1.58. The summed E-state index contributed by atoms with van der Waals surface area (Å²) in [6, 6.07) is -0.0670. The largest absolute Gasteiger partial charge is 0.481 e. The van der Waals surface area contributed by atoms with Crippen LogP contribution < -0.4 is 0 Å². The molecule has 1 aliphatic rings. The number of carboxylic acid groups (broad SMARTS) is 1. The number of nitrogens with zero attached hydrogens (tertiary/aromatic N) is 2. The lowest BCUT2D eigenvalue weighted by Gasteiger charge is -2.19. The van der Waals surface area contributed by atoms with Crippen molar-refractivity contribution >= 4 is 16.0 Å². The Hall–Kier alpha value is -1.41. The van der Waals surface area contributed by atoms with Gasteiger partial charge in [-0.1, -0.05) is 0 Å². The molecule has 0 amide bonds. The highest BCUT2D eigenvalue weighted by atomic mass is 32.2. The molecule has 0 bridgehead atoms. The summed E-state index contributed by atoms with van der Waals surface area (Å²) in [6.07, 6.45) is 3.89. The van der Waals surface area contributed by atoms with Gasteiger partial charge in [0.25, 0.3) is 10.0 Å². The topological polar surface area (TPSA) is 103 Å². The van der Waals surface area contributed by atoms with Crippen molar-refractivity contribution in [3.8, 4) is 0 Å². The molecule has 0 aliphatic heterocycles. The minimum atomic E-state index is -3.64. The number of carboxylic acids is 1. The first-order valence-electron chi connectivity index (χ1n) is 5.24. The number of rotatable bonds is 6. The molecule has 1 heterocycles. The SMILES string of the molecule is O=C(O)CCN(C1CC1)S(=O)(=O)c1cnc[nH]1. The van der Waals surface area contributed by atoms with Gasteiger partial charge >= 0.3 is 5.97 Å². The van der Waals surface area contributed by atoms with E-state index in [-0.39, 0.29) is 24.0 Å². The quantitative estimate of drug-likeness (QED) is 0.750. The molecule has 0 unspecified atom stereocenters. The first-order chi connectivity index (χ1) is 8.01. The fraction of sp³-hybridized carbons (Fsp3) is 0.556. The minimum absolute atomic E-state index is 0.00134. The van der Waals surface area contributed by atoms with Crippen molar-refractivity contribution in [2.75, 3.05) is 6.54 Å². The molecule has 94 valence electrons. The molecule has 2 rings (SSSR count). The molecule has 7 nitrogen and oxygen atoms in total. The summed E-state index contributed by atoms with van der Waals surface area (Å²) in [5.41, 5.74) is 0. The Kier molecular flexibility index (Phi) is 3.16. The van der Waals surface area contributed by atoms with Crippen molar-refractivity contribution in [3.05, 3.63) is 12.5 Å². The van der Waals surface area contributed by atoms with Crippen LogP contribution in [0.2, 0.25) is 0 Å². The highest BCUT2D eigenvalue weighted by molar-refractivity contribution is 7.89. The van der Waals surface area contributed by atoms with Crippen molar-refractivity contribution in [1.29, 1.82) is 0 Å². The van der Waals surface area contributed by atoms with Gasteiger partial charge in [0.2, 0.25) is 0 Å². The number of hydrogen-bond donors (Lipinski definition) is 2. The van der Waals surface area contributed by atoms with Crippen molar-refractivity contribution < 1.29 is 18.3 Å². The number of aliphatic carboxylic acids is 1. The molecule has 17 heavy (non-hydrogen) atoms. The number of nitrogens with one attached hydrogen (secondary N) is 1. The third-order valence-electron chi connectivity index (χ3n) is 2.56. The Morgan fingerprint density at radius 3 is 2.76 bits per heavy atom. The van der Waals surface area contributed by atoms with E-state index in [0.717, 1.165) is 12.8 Å². The summed E-state index contributed by atoms with van der Waals surface area (Å²) in [5.74, 6) is -1.00. The van der Waals surface area contributed by atoms with E-state index in [1.165, 1.54) is 16.8 Å². The van der Waals surface area contributed by atoms with Crippen LogP contribution in [0.1, 0.15) is 19.3 Å². The van der Waals surface area contributed by atoms with Gasteiger partial charge in [0.15, 0.2) is 5.03 Å². The van der Waals surface area contributed by atoms with E-state index >= 15 is 0 Å². The predicted molar refractivity (Wildman–Crippen MR) is 57.8 cm³/mol. The lowest BCUT2D eigenvalue weighted by atomic mass is 10.4. The van der Waals surface area contributed by atoms with Gasteiger partial charge < -0.3 is 10.1 Å². The smallest absolute Gasteiger partial charge is 0.304 e. The van der Waals surface area contributed by atoms with Gasteiger partial charge in [0, 0.05) is 12.6 Å². The van der Waals surface area contributed by atoms with Crippen LogP contribution in [-0.2, 0) is 14.8 Å². The number of sulfonamides is 1. The third kappa shape index (κ3) is 2.64. The van der Waals surface area contributed by atoms with Gasteiger partial charge in [-0.05, 0) is 12.8 Å². The van der Waals surface area contributed by atoms with Crippen LogP contribution in [0.3, 0.4) is 0 Å². The van der Waals surface area contributed by atoms with E-state index in [9.17, 15) is 13.2 Å². The Bertz CT molecular complexity index is 492. The van der Waals surface area contributed by atoms with Gasteiger partial charge in [-0.2, -0.15) is 4.31 Å². The van der Waals surface area contributed by atoms with Crippen molar-refractivity contribution in [3.63, 3.8) is 0 Å². The monoisotopic (exact) mass is 259 g/mol. The van der Waals surface area contributed by atoms with Gasteiger partial charge in [-0.25, -0.2) is 13.4 Å². The number of H-pyrrole nitrogens is 1. The molecule has 1 fully saturated rings. The first-order valence-corrected chi connectivity index (χ1v) is 6.68. The Morgan fingerprint density at radius 2 is 2.29 bits per heavy atom. The second kappa shape index (κ2) is 4.46. The Balaban J connectivity index is 2.18. The maximum absolute atomic E-state index is 12.1. The summed E-state index contributed by atoms with van der Waals surface area (Å²) < 4.78 is 25.5. The number of aromatic amines is 1. The molecule has 0 spiro atoms. The molecule has 0 saturated heterocycles. The predicted octanol–water partition coefficient (Wildman–Crippen LogP) is 0.0375. The average molecular weight is 259 g/mol. The molecule has 0 aromatic carbocycles. The van der Waals surface area contributed by atoms with E-state index in [0.29, 0.717) is 0 Å². The number of hydrogen-bond acceptors (Lipinski definition) is 4. The summed E-state index contributed by atoms with van der Waals surface area (Å²) in [7, 11) is -3.64. The summed E-state index contributed by atoms with van der Waals surface area (Å²) >= 11 is 0. The van der Waals surface area contributed by atoms with Gasteiger partial charge in [-0.15, -0.1) is 0 Å². The molecule has 2 N–H and O–H groups in total. The highest BCUT2D eigenvalue weighted by Gasteiger charge is 2.38. The van der Waals surface area contributed by atoms with Crippen LogP contribution in [0.15, 0.2) is 17.6 Å². The van der Waals surface area contributed by atoms with E-state index in [2.05, 4.69) is 9.97 Å². The van der Waals surface area contributed by atoms with Crippen molar-refractivity contribution in [2.24, 2.45) is 0 Å². The van der Waals surface area contributed by atoms with Crippen LogP contribution in [-0.4, -0.2) is 46.4 Å². The zero-order valence-electron chi connectivity index (χ0n) is 9.04. The number of imidazole rings is 1. The number of carbonyl (C=O) groups is 1. The summed E-state index contributed by atoms with van der Waals surface area (Å²) in [6.45, 7) is 0.00134. The maximum atomic E-state index is 12.1. The third-order valence-corrected chi connectivity index (χ3v) is 4.44. The van der Waals surface area contributed by atoms with Crippen molar-refractivity contribution in [2.45, 2.75) is 30.3 Å². The summed E-state index contributed by atoms with van der Waals surface area (Å²) in [5, 5.41) is 8.63. The van der Waals surface area contributed by atoms with Crippen LogP contribution in [0.25, 0.3) is 0 Å². The van der Waals surface area contributed by atoms with Crippen molar-refractivity contribution in [1.82, 2.24) is 14.3 Å². The molecular weight excluding hydrogens is 246 g/mol. The van der Waals surface area contributed by atoms with E-state index in [4.69, 9.17) is 5.11 Å². The zero-order valence-corrected chi connectivity index (χ0v) is 9.85. The fourth-order valence-corrected chi connectivity index (χ4v) is 3.16. The molecular formula is C9H13N3O4S. The number of aromatic nitrogens is 2. The Morgan fingerprint density at radius 1 is 1.59 bits per heavy atom. The molecule has 1 saturated carbocycles.